The van der Waals surface area contributed by atoms with E-state index in [1.807, 2.05) is 71.6 Å². The van der Waals surface area contributed by atoms with Crippen LogP contribution in [0.5, 0.6) is 0 Å². The molecule has 440 valence electrons. The average Bonchev–Trinajstić information content (AvgIpc) is 4.18. The molecule has 3 fully saturated rings. The summed E-state index contributed by atoms with van der Waals surface area (Å²) in [4.78, 5) is 111. The van der Waals surface area contributed by atoms with Gasteiger partial charge in [-0.3, -0.25) is 33.3 Å². The van der Waals surface area contributed by atoms with E-state index in [1.54, 1.807) is 0 Å². The van der Waals surface area contributed by atoms with E-state index in [0.29, 0.717) is 124 Å². The molecule has 25 heteroatoms. The van der Waals surface area contributed by atoms with Crippen LogP contribution in [-0.4, -0.2) is 158 Å². The van der Waals surface area contributed by atoms with Crippen LogP contribution in [0.3, 0.4) is 0 Å². The molecule has 6 rings (SSSR count). The number of aromatic nitrogens is 1. The molecule has 4 atom stereocenters. The van der Waals surface area contributed by atoms with Crippen LogP contribution in [0.2, 0.25) is 0 Å². The second-order valence-electron chi connectivity index (χ2n) is 20.7. The molecule has 1 aromatic carbocycles. The summed E-state index contributed by atoms with van der Waals surface area (Å²) in [7, 11) is -2.17. The van der Waals surface area contributed by atoms with Crippen molar-refractivity contribution >= 4 is 86.0 Å². The van der Waals surface area contributed by atoms with Crippen LogP contribution in [0.1, 0.15) is 135 Å². The molecule has 0 bridgehead atoms. The topological polar surface area (TPSA) is 308 Å². The first-order chi connectivity index (χ1) is 38.5. The quantitative estimate of drug-likeness (QED) is 0.0108. The number of imide groups is 1. The number of hydroxylamine groups is 2. The van der Waals surface area contributed by atoms with Gasteiger partial charge in [0.15, 0.2) is 23.7 Å². The van der Waals surface area contributed by atoms with Crippen LogP contribution >= 0.6 is 11.8 Å². The van der Waals surface area contributed by atoms with Crippen molar-refractivity contribution in [3.05, 3.63) is 41.8 Å². The molecule has 23 nitrogen and oxygen atoms in total. The highest BCUT2D eigenvalue weighted by Gasteiger charge is 2.42. The number of carbonyl (C=O) groups excluding carboxylic acids is 8. The predicted molar refractivity (Wildman–Crippen MR) is 303 cm³/mol. The fraction of sp³-hybridized carbons (Fsp3) is 0.636. The van der Waals surface area contributed by atoms with Gasteiger partial charge < -0.3 is 46.1 Å². The second-order valence-corrected chi connectivity index (χ2v) is 23.6. The van der Waals surface area contributed by atoms with Crippen molar-refractivity contribution in [1.29, 1.82) is 0 Å². The maximum absolute atomic E-state index is 13.5. The Labute approximate surface area is 472 Å². The Bertz CT molecular complexity index is 2760. The summed E-state index contributed by atoms with van der Waals surface area (Å²) < 4.78 is 39.9. The minimum atomic E-state index is -4.05. The summed E-state index contributed by atoms with van der Waals surface area (Å²) in [6.45, 7) is 5.34. The number of hydrogen-bond donors (Lipinski definition) is 7. The van der Waals surface area contributed by atoms with Crippen molar-refractivity contribution < 1.29 is 60.6 Å². The van der Waals surface area contributed by atoms with Crippen molar-refractivity contribution in [2.75, 3.05) is 69.3 Å². The monoisotopic (exact) mass is 1150 g/mol. The number of fused-ring (bicyclic) bond motifs is 3. The average molecular weight is 1150 g/mol. The molecular weight excluding hydrogens is 1070 g/mol. The first-order valence-corrected chi connectivity index (χ1v) is 31.0. The van der Waals surface area contributed by atoms with E-state index in [-0.39, 0.29) is 92.3 Å². The van der Waals surface area contributed by atoms with Crippen LogP contribution in [0.4, 0.5) is 10.5 Å². The number of carbonyl (C=O) groups is 8. The van der Waals surface area contributed by atoms with Gasteiger partial charge in [-0.25, -0.2) is 19.1 Å². The smallest absolute Gasteiger partial charge is 0.333 e. The van der Waals surface area contributed by atoms with Crippen LogP contribution in [0, 0.1) is 0 Å². The van der Waals surface area contributed by atoms with Gasteiger partial charge in [0.2, 0.25) is 23.1 Å². The number of anilines is 1. The normalized spacial score (nSPS) is 17.7. The molecule has 7 N–H and O–H groups in total. The molecular formula is C55H81N10O13S2+. The maximum Gasteiger partial charge on any atom is 0.333 e. The predicted octanol–water partition coefficient (Wildman–Crippen LogP) is 3.72. The number of benzene rings is 2. The Balaban J connectivity index is 0.894. The Kier molecular flexibility index (Phi) is 25.4. The molecule has 4 aliphatic heterocycles. The lowest BCUT2D eigenvalue weighted by atomic mass is 10.0. The number of Topliss-reactive ketones (excluding diaryl/α,β-unsaturated/α-hetero) is 1. The van der Waals surface area contributed by atoms with Gasteiger partial charge in [-0.2, -0.15) is 20.2 Å². The zero-order valence-corrected chi connectivity index (χ0v) is 47.9. The summed E-state index contributed by atoms with van der Waals surface area (Å²) in [5.74, 6) is -0.984. The number of nitrogens with zero attached hydrogens (tertiary/aromatic N) is 4. The molecule has 3 saturated heterocycles. The van der Waals surface area contributed by atoms with E-state index in [0.717, 1.165) is 55.3 Å². The zero-order chi connectivity index (χ0) is 57.4. The number of urea groups is 1. The molecule has 5 aliphatic rings. The van der Waals surface area contributed by atoms with Gasteiger partial charge in [0.1, 0.15) is 18.3 Å². The molecule has 1 aromatic rings. The summed E-state index contributed by atoms with van der Waals surface area (Å²) in [5, 5.41) is 19.9. The molecule has 1 aliphatic carbocycles. The lowest BCUT2D eigenvalue weighted by molar-refractivity contribution is -0.197. The Hall–Kier alpha value is -6.18. The largest absolute Gasteiger partial charge is 0.452 e. The van der Waals surface area contributed by atoms with Gasteiger partial charge >= 0.3 is 12.0 Å². The van der Waals surface area contributed by atoms with Crippen molar-refractivity contribution in [3.8, 4) is 11.5 Å². The van der Waals surface area contributed by atoms with E-state index in [4.69, 9.17) is 18.8 Å². The molecule has 0 saturated carbocycles. The maximum atomic E-state index is 13.5. The molecule has 0 aromatic heterocycles. The standard InChI is InChI=1S/C55H80N10O13S2/c1-3-64(32-14-34-80(74,75)76)39-21-23-42-46(36-39)77-45-35-38(20-22-41(45)59-42)63(2)33-27-49(68)58-30-13-10-15-40(44(66)26-31-56-28-11-5-7-19-53(72)78-65-51(70)24-25-52(65)71)60-50(69)18-6-4-12-29-57-48(67)17-9-8-16-47-54-43(37-79-47)61-55(73)62-54/h20-23,35-36,40,43,47,54,56H,3-19,24-34,37H2,1-2H3,(H5-,57,58,60,61,62,67,68,69,73,74,75,76)/p+1/t40-,43-,47?,54-/m0/s1. The Morgan fingerprint density at radius 1 is 0.825 bits per heavy atom. The SMILES string of the molecule is CCN(CCCS(=O)(=O)O)c1ccc2nc3ccc(=[N+](C)CCC(=O)NCCCC[C@H](NC(=O)CCCCCNC(=O)CCCCC4SC[C@@H]5NC(=O)N[C@H]45)C(=O)CCNCCCCCC(=O)ON4C(=O)CCC4=O)cc-3oc2c1. The zero-order valence-electron chi connectivity index (χ0n) is 46.2. The third kappa shape index (κ3) is 21.0. The number of ketones is 1. The minimum absolute atomic E-state index is 0.00402. The van der Waals surface area contributed by atoms with Crippen molar-refractivity contribution in [3.63, 3.8) is 0 Å². The van der Waals surface area contributed by atoms with Gasteiger partial charge in [-0.15, -0.1) is 5.06 Å². The number of thioether (sulfide) groups is 1. The van der Waals surface area contributed by atoms with Gasteiger partial charge in [0.05, 0.1) is 36.4 Å². The van der Waals surface area contributed by atoms with Crippen molar-refractivity contribution in [2.24, 2.45) is 0 Å². The van der Waals surface area contributed by atoms with Gasteiger partial charge in [-0.1, -0.05) is 19.3 Å². The van der Waals surface area contributed by atoms with Crippen LogP contribution in [0.15, 0.2) is 40.8 Å². The first kappa shape index (κ1) is 63.0. The number of hydrogen-bond acceptors (Lipinski definition) is 16. The van der Waals surface area contributed by atoms with Crippen LogP contribution < -0.4 is 46.7 Å². The third-order valence-electron chi connectivity index (χ3n) is 14.5. The van der Waals surface area contributed by atoms with Gasteiger partial charge in [0.25, 0.3) is 21.9 Å². The van der Waals surface area contributed by atoms with Crippen LogP contribution in [-0.2, 0) is 48.5 Å². The second kappa shape index (κ2) is 32.3. The molecule has 7 amide bonds. The molecule has 0 radical (unpaired) electrons. The van der Waals surface area contributed by atoms with Crippen LogP contribution in [0.25, 0.3) is 22.6 Å². The third-order valence-corrected chi connectivity index (χ3v) is 16.8. The van der Waals surface area contributed by atoms with E-state index >= 15 is 0 Å². The summed E-state index contributed by atoms with van der Waals surface area (Å²) in [6.07, 6.45) is 9.70. The lowest BCUT2D eigenvalue weighted by Gasteiger charge is -2.23. The fourth-order valence-corrected chi connectivity index (χ4v) is 11.9. The molecule has 4 heterocycles. The number of unbranched alkanes of at least 4 members (excludes halogenated alkanes) is 6. The molecule has 80 heavy (non-hydrogen) atoms. The molecule has 0 spiro atoms. The van der Waals surface area contributed by atoms with E-state index in [9.17, 15) is 46.8 Å². The minimum Gasteiger partial charge on any atom is -0.452 e. The fourth-order valence-electron chi connectivity index (χ4n) is 9.90. The van der Waals surface area contributed by atoms with E-state index in [1.165, 1.54) is 0 Å². The highest BCUT2D eigenvalue weighted by Crippen LogP contribution is 2.33. The Morgan fingerprint density at radius 3 is 2.27 bits per heavy atom. The van der Waals surface area contributed by atoms with Crippen molar-refractivity contribution in [2.45, 2.75) is 159 Å². The molecule has 1 unspecified atom stereocenters. The first-order valence-electron chi connectivity index (χ1n) is 28.4. The summed E-state index contributed by atoms with van der Waals surface area (Å²) in [6, 6.07) is 10.8. The summed E-state index contributed by atoms with van der Waals surface area (Å²) >= 11 is 1.87. The number of nitrogens with one attached hydrogen (secondary N) is 6. The lowest BCUT2D eigenvalue weighted by Crippen LogP contribution is -2.41. The van der Waals surface area contributed by atoms with Crippen molar-refractivity contribution in [1.82, 2.24) is 46.5 Å². The van der Waals surface area contributed by atoms with E-state index in [2.05, 4.69) is 31.9 Å². The van der Waals surface area contributed by atoms with Gasteiger partial charge in [-0.05, 0) is 95.9 Å². The van der Waals surface area contributed by atoms with E-state index < -0.39 is 33.9 Å². The number of rotatable bonds is 37. The summed E-state index contributed by atoms with van der Waals surface area (Å²) in [5.41, 5.74) is 2.71. The Morgan fingerprint density at radius 2 is 1.52 bits per heavy atom. The van der Waals surface area contributed by atoms with Gasteiger partial charge in [0, 0.05) is 100 Å². The number of amides is 7. The highest BCUT2D eigenvalue weighted by atomic mass is 32.2. The highest BCUT2D eigenvalue weighted by molar-refractivity contribution is 8.00.